The fourth-order valence-electron chi connectivity index (χ4n) is 6.65. The van der Waals surface area contributed by atoms with E-state index in [0.717, 1.165) is 27.8 Å². The molecule has 0 bridgehead atoms. The normalized spacial score (nSPS) is 20.1. The number of ether oxygens (including phenoxy) is 4. The van der Waals surface area contributed by atoms with Gasteiger partial charge >= 0.3 is 17.9 Å². The zero-order valence-electron chi connectivity index (χ0n) is 28.8. The van der Waals surface area contributed by atoms with Crippen molar-refractivity contribution in [3.63, 3.8) is 0 Å². The van der Waals surface area contributed by atoms with Gasteiger partial charge < -0.3 is 18.9 Å². The summed E-state index contributed by atoms with van der Waals surface area (Å²) in [5.74, 6) is -1.86. The van der Waals surface area contributed by atoms with Crippen LogP contribution in [0.15, 0.2) is 84.3 Å². The number of rotatable bonds is 9. The Morgan fingerprint density at radius 2 is 1.48 bits per heavy atom. The molecular formula is C37H35N5O9S. The standard InChI is InChI=1S/C37H35N5O9S/c1-21-10-12-28(13-11-21)52(46,47)41-16-26-14-29(25-8-6-5-7-9-25)30(15-27(26)17-41)32-33-36(39-19-38-32)42(20-40-33)37-35(50-24(4)45)34(49-23(3)44)31(51-37)18-48-22(2)43/h5-15,19-20,31,34-35,37H,16-18H2,1-4H3/t31-,34-,35-,37-/m1/s1. The first kappa shape index (κ1) is 34.9. The van der Waals surface area contributed by atoms with E-state index in [1.54, 1.807) is 28.8 Å². The number of hydrogen-bond donors (Lipinski definition) is 0. The Morgan fingerprint density at radius 3 is 2.13 bits per heavy atom. The van der Waals surface area contributed by atoms with Crippen LogP contribution in [0, 0.1) is 6.92 Å². The van der Waals surface area contributed by atoms with E-state index < -0.39 is 52.5 Å². The van der Waals surface area contributed by atoms with Crippen molar-refractivity contribution in [2.45, 2.75) is 70.2 Å². The third kappa shape index (κ3) is 6.65. The minimum atomic E-state index is -3.78. The van der Waals surface area contributed by atoms with Gasteiger partial charge in [-0.25, -0.2) is 23.4 Å². The van der Waals surface area contributed by atoms with Crippen molar-refractivity contribution in [3.8, 4) is 22.4 Å². The third-order valence-electron chi connectivity index (χ3n) is 9.01. The van der Waals surface area contributed by atoms with Crippen LogP contribution in [0.5, 0.6) is 0 Å². The van der Waals surface area contributed by atoms with Crippen LogP contribution in [-0.4, -0.2) is 75.1 Å². The molecule has 0 aliphatic carbocycles. The predicted molar refractivity (Wildman–Crippen MR) is 185 cm³/mol. The minimum Gasteiger partial charge on any atom is -0.463 e. The van der Waals surface area contributed by atoms with E-state index in [2.05, 4.69) is 15.0 Å². The molecule has 5 aromatic rings. The molecule has 0 amide bonds. The number of sulfonamides is 1. The largest absolute Gasteiger partial charge is 0.463 e. The zero-order valence-corrected chi connectivity index (χ0v) is 29.6. The van der Waals surface area contributed by atoms with Crippen molar-refractivity contribution >= 4 is 39.1 Å². The Hall–Kier alpha value is -5.51. The monoisotopic (exact) mass is 725 g/mol. The topological polar surface area (TPSA) is 169 Å². The molecule has 7 rings (SSSR count). The van der Waals surface area contributed by atoms with E-state index in [0.29, 0.717) is 22.4 Å². The van der Waals surface area contributed by atoms with Crippen molar-refractivity contribution in [2.24, 2.45) is 0 Å². The summed E-state index contributed by atoms with van der Waals surface area (Å²) < 4.78 is 53.0. The summed E-state index contributed by atoms with van der Waals surface area (Å²) in [4.78, 5) is 50.1. The second kappa shape index (κ2) is 13.9. The van der Waals surface area contributed by atoms with Gasteiger partial charge in [-0.2, -0.15) is 4.31 Å². The highest BCUT2D eigenvalue weighted by molar-refractivity contribution is 7.89. The maximum absolute atomic E-state index is 13.7. The van der Waals surface area contributed by atoms with Gasteiger partial charge in [0.2, 0.25) is 10.0 Å². The summed E-state index contributed by atoms with van der Waals surface area (Å²) in [6.07, 6.45) is -1.45. The van der Waals surface area contributed by atoms with Gasteiger partial charge in [0.1, 0.15) is 30.2 Å². The fourth-order valence-corrected chi connectivity index (χ4v) is 8.05. The average Bonchev–Trinajstić information content (AvgIpc) is 3.82. The Balaban J connectivity index is 1.31. The van der Waals surface area contributed by atoms with Crippen LogP contribution in [0.3, 0.4) is 0 Å². The second-order valence-electron chi connectivity index (χ2n) is 12.7. The molecule has 0 saturated carbocycles. The molecule has 4 heterocycles. The lowest BCUT2D eigenvalue weighted by Crippen LogP contribution is -2.40. The van der Waals surface area contributed by atoms with Gasteiger partial charge in [-0.3, -0.25) is 19.0 Å². The third-order valence-corrected chi connectivity index (χ3v) is 10.8. The molecule has 15 heteroatoms. The smallest absolute Gasteiger partial charge is 0.303 e. The van der Waals surface area contributed by atoms with Crippen molar-refractivity contribution in [1.82, 2.24) is 23.8 Å². The summed E-state index contributed by atoms with van der Waals surface area (Å²) in [5, 5.41) is 0. The molecule has 52 heavy (non-hydrogen) atoms. The molecule has 2 aliphatic rings. The van der Waals surface area contributed by atoms with Gasteiger partial charge in [-0.15, -0.1) is 0 Å². The maximum atomic E-state index is 13.7. The van der Waals surface area contributed by atoms with Crippen LogP contribution in [0.4, 0.5) is 0 Å². The molecule has 3 aromatic carbocycles. The SMILES string of the molecule is CC(=O)OC[C@H]1O[C@@H](n2cnc3c(-c4cc5c(cc4-c4ccccc4)CN(S(=O)(=O)c4ccc(C)cc4)C5)ncnc32)[C@H](OC(C)=O)[C@@H]1OC(C)=O. The zero-order chi connectivity index (χ0) is 36.7. The first-order chi connectivity index (χ1) is 24.9. The van der Waals surface area contributed by atoms with E-state index >= 15 is 0 Å². The first-order valence-corrected chi connectivity index (χ1v) is 17.9. The predicted octanol–water partition coefficient (Wildman–Crippen LogP) is 4.50. The molecule has 0 spiro atoms. The molecule has 0 radical (unpaired) electrons. The van der Waals surface area contributed by atoms with Crippen LogP contribution < -0.4 is 0 Å². The van der Waals surface area contributed by atoms with Gasteiger partial charge in [0.05, 0.1) is 11.2 Å². The van der Waals surface area contributed by atoms with Crippen LogP contribution in [0.2, 0.25) is 0 Å². The van der Waals surface area contributed by atoms with E-state index in [1.807, 2.05) is 49.4 Å². The number of carbonyl (C=O) groups is 3. The lowest BCUT2D eigenvalue weighted by atomic mass is 9.92. The maximum Gasteiger partial charge on any atom is 0.303 e. The number of aromatic nitrogens is 4. The summed E-state index contributed by atoms with van der Waals surface area (Å²) >= 11 is 0. The van der Waals surface area contributed by atoms with E-state index in [4.69, 9.17) is 18.9 Å². The molecule has 1 fully saturated rings. The molecule has 4 atom stereocenters. The van der Waals surface area contributed by atoms with Crippen LogP contribution in [0.25, 0.3) is 33.5 Å². The van der Waals surface area contributed by atoms with E-state index in [1.165, 1.54) is 37.7 Å². The number of fused-ring (bicyclic) bond motifs is 2. The van der Waals surface area contributed by atoms with Crippen LogP contribution in [0.1, 0.15) is 43.7 Å². The highest BCUT2D eigenvalue weighted by Gasteiger charge is 2.51. The lowest BCUT2D eigenvalue weighted by molar-refractivity contribution is -0.166. The van der Waals surface area contributed by atoms with Crippen molar-refractivity contribution < 1.29 is 41.7 Å². The minimum absolute atomic E-state index is 0.164. The summed E-state index contributed by atoms with van der Waals surface area (Å²) in [6, 6.07) is 20.4. The van der Waals surface area contributed by atoms with Gasteiger partial charge in [0.15, 0.2) is 24.1 Å². The average molecular weight is 726 g/mol. The fraction of sp³-hybridized carbons (Fsp3) is 0.297. The molecule has 2 aliphatic heterocycles. The summed E-state index contributed by atoms with van der Waals surface area (Å²) in [6.45, 7) is 5.68. The Morgan fingerprint density at radius 1 is 0.827 bits per heavy atom. The van der Waals surface area contributed by atoms with Crippen LogP contribution in [-0.2, 0) is 56.4 Å². The summed E-state index contributed by atoms with van der Waals surface area (Å²) in [5.41, 5.74) is 6.24. The highest BCUT2D eigenvalue weighted by atomic mass is 32.2. The quantitative estimate of drug-likeness (QED) is 0.154. The molecule has 268 valence electrons. The number of imidazole rings is 1. The number of benzene rings is 3. The Kier molecular flexibility index (Phi) is 9.33. The highest BCUT2D eigenvalue weighted by Crippen LogP contribution is 2.41. The van der Waals surface area contributed by atoms with Gasteiger partial charge in [0, 0.05) is 39.4 Å². The Labute approximate surface area is 299 Å². The molecule has 2 aromatic heterocycles. The van der Waals surface area contributed by atoms with Gasteiger partial charge in [0.25, 0.3) is 0 Å². The van der Waals surface area contributed by atoms with Crippen molar-refractivity contribution in [1.29, 1.82) is 0 Å². The Bertz CT molecular complexity index is 2290. The number of hydrogen-bond acceptors (Lipinski definition) is 12. The number of carbonyl (C=O) groups excluding carboxylic acids is 3. The van der Waals surface area contributed by atoms with E-state index in [-0.39, 0.29) is 24.6 Å². The first-order valence-electron chi connectivity index (χ1n) is 16.5. The molecule has 14 nitrogen and oxygen atoms in total. The number of aryl methyl sites for hydroxylation is 1. The van der Waals surface area contributed by atoms with Gasteiger partial charge in [-0.1, -0.05) is 48.0 Å². The van der Waals surface area contributed by atoms with Crippen LogP contribution >= 0.6 is 0 Å². The number of esters is 3. The summed E-state index contributed by atoms with van der Waals surface area (Å²) in [7, 11) is -3.78. The van der Waals surface area contributed by atoms with Crippen molar-refractivity contribution in [2.75, 3.05) is 6.61 Å². The van der Waals surface area contributed by atoms with E-state index in [9.17, 15) is 22.8 Å². The molecule has 1 saturated heterocycles. The van der Waals surface area contributed by atoms with Crippen molar-refractivity contribution in [3.05, 3.63) is 96.1 Å². The molecule has 0 N–H and O–H groups in total. The van der Waals surface area contributed by atoms with Gasteiger partial charge in [-0.05, 0) is 53.4 Å². The lowest BCUT2D eigenvalue weighted by Gasteiger charge is -2.23. The second-order valence-corrected chi connectivity index (χ2v) is 14.6. The molecule has 0 unspecified atom stereocenters. The number of nitrogens with zero attached hydrogens (tertiary/aromatic N) is 5. The molecular weight excluding hydrogens is 691 g/mol.